The smallest absolute Gasteiger partial charge is 0.230 e. The standard InChI is InChI=1S/C22H26N6O/c1-15(16-8-5-4-6-9-16)21(29)28-13-7-10-19(28)20-17(14-24-26-20)18-11-12-23-22(25-18)27(2)3/h4-6,8-9,11-12,14-15,19H,7,10,13H2,1-3H3,(H,24,26)/t15-,19-/m0/s1. The molecule has 7 nitrogen and oxygen atoms in total. The van der Waals surface area contributed by atoms with Crippen LogP contribution in [-0.2, 0) is 4.79 Å². The summed E-state index contributed by atoms with van der Waals surface area (Å²) >= 11 is 0. The maximum atomic E-state index is 13.3. The van der Waals surface area contributed by atoms with Crippen molar-refractivity contribution in [3.63, 3.8) is 0 Å². The molecule has 4 rings (SSSR count). The molecule has 1 fully saturated rings. The molecule has 0 spiro atoms. The molecule has 1 aromatic carbocycles. The summed E-state index contributed by atoms with van der Waals surface area (Å²) in [5.74, 6) is 0.616. The molecule has 2 aromatic heterocycles. The van der Waals surface area contributed by atoms with Crippen LogP contribution in [0.4, 0.5) is 5.95 Å². The molecule has 1 aliphatic heterocycles. The molecular formula is C22H26N6O. The predicted molar refractivity (Wildman–Crippen MR) is 112 cm³/mol. The first-order valence-electron chi connectivity index (χ1n) is 9.95. The lowest BCUT2D eigenvalue weighted by atomic mass is 9.98. The minimum Gasteiger partial charge on any atom is -0.347 e. The van der Waals surface area contributed by atoms with E-state index in [2.05, 4.69) is 20.2 Å². The molecule has 3 heterocycles. The third-order valence-corrected chi connectivity index (χ3v) is 5.53. The first-order chi connectivity index (χ1) is 14.1. The highest BCUT2D eigenvalue weighted by Crippen LogP contribution is 2.37. The number of nitrogens with one attached hydrogen (secondary N) is 1. The molecule has 150 valence electrons. The Morgan fingerprint density at radius 3 is 2.79 bits per heavy atom. The number of benzene rings is 1. The Labute approximate surface area is 170 Å². The number of carbonyl (C=O) groups is 1. The highest BCUT2D eigenvalue weighted by atomic mass is 16.2. The highest BCUT2D eigenvalue weighted by Gasteiger charge is 2.35. The number of hydrogen-bond donors (Lipinski definition) is 1. The van der Waals surface area contributed by atoms with Gasteiger partial charge in [-0.15, -0.1) is 0 Å². The first-order valence-corrected chi connectivity index (χ1v) is 9.95. The molecule has 0 saturated carbocycles. The zero-order valence-electron chi connectivity index (χ0n) is 17.0. The van der Waals surface area contributed by atoms with E-state index in [1.54, 1.807) is 12.4 Å². The minimum atomic E-state index is -0.178. The van der Waals surface area contributed by atoms with Gasteiger partial charge in [0.15, 0.2) is 0 Å². The van der Waals surface area contributed by atoms with Gasteiger partial charge in [0, 0.05) is 32.4 Å². The maximum absolute atomic E-state index is 13.3. The van der Waals surface area contributed by atoms with Gasteiger partial charge < -0.3 is 9.80 Å². The Balaban J connectivity index is 1.63. The van der Waals surface area contributed by atoms with Crippen LogP contribution >= 0.6 is 0 Å². The van der Waals surface area contributed by atoms with E-state index < -0.39 is 0 Å². The topological polar surface area (TPSA) is 78.0 Å². The van der Waals surface area contributed by atoms with Crippen LogP contribution in [0, 0.1) is 0 Å². The molecule has 2 atom stereocenters. The Morgan fingerprint density at radius 2 is 2.03 bits per heavy atom. The SMILES string of the molecule is C[C@H](C(=O)N1CCC[C@H]1c1[nH]ncc1-c1ccnc(N(C)C)n1)c1ccccc1. The second-order valence-electron chi connectivity index (χ2n) is 7.66. The van der Waals surface area contributed by atoms with Gasteiger partial charge in [0.05, 0.1) is 29.5 Å². The number of aromatic nitrogens is 4. The lowest BCUT2D eigenvalue weighted by Gasteiger charge is -2.27. The summed E-state index contributed by atoms with van der Waals surface area (Å²) in [5, 5.41) is 7.42. The van der Waals surface area contributed by atoms with Crippen LogP contribution in [0.1, 0.15) is 43.0 Å². The fourth-order valence-electron chi connectivity index (χ4n) is 3.93. The van der Waals surface area contributed by atoms with Gasteiger partial charge >= 0.3 is 0 Å². The van der Waals surface area contributed by atoms with Gasteiger partial charge in [0.1, 0.15) is 0 Å². The van der Waals surface area contributed by atoms with Crippen LogP contribution in [0.5, 0.6) is 0 Å². The van der Waals surface area contributed by atoms with Gasteiger partial charge in [-0.1, -0.05) is 30.3 Å². The molecule has 0 aliphatic carbocycles. The normalized spacial score (nSPS) is 17.3. The van der Waals surface area contributed by atoms with Gasteiger partial charge in [-0.25, -0.2) is 9.97 Å². The number of nitrogens with zero attached hydrogens (tertiary/aromatic N) is 5. The van der Waals surface area contributed by atoms with Crippen molar-refractivity contribution in [2.45, 2.75) is 31.7 Å². The van der Waals surface area contributed by atoms with Gasteiger partial charge in [0.25, 0.3) is 0 Å². The molecule has 1 amide bonds. The fraction of sp³-hybridized carbons (Fsp3) is 0.364. The summed E-state index contributed by atoms with van der Waals surface area (Å²) < 4.78 is 0. The summed E-state index contributed by atoms with van der Waals surface area (Å²) in [6, 6.07) is 11.8. The molecule has 1 aliphatic rings. The fourth-order valence-corrected chi connectivity index (χ4v) is 3.93. The largest absolute Gasteiger partial charge is 0.347 e. The zero-order chi connectivity index (χ0) is 20.4. The van der Waals surface area contributed by atoms with Crippen molar-refractivity contribution < 1.29 is 4.79 Å². The highest BCUT2D eigenvalue weighted by molar-refractivity contribution is 5.84. The monoisotopic (exact) mass is 390 g/mol. The lowest BCUT2D eigenvalue weighted by molar-refractivity contribution is -0.133. The van der Waals surface area contributed by atoms with Crippen molar-refractivity contribution in [1.82, 2.24) is 25.1 Å². The average Bonchev–Trinajstić information content (AvgIpc) is 3.42. The van der Waals surface area contributed by atoms with Crippen LogP contribution in [-0.4, -0.2) is 51.6 Å². The first kappa shape index (κ1) is 19.1. The number of hydrogen-bond acceptors (Lipinski definition) is 5. The van der Waals surface area contributed by atoms with Crippen molar-refractivity contribution >= 4 is 11.9 Å². The van der Waals surface area contributed by atoms with E-state index in [1.807, 2.05) is 67.2 Å². The number of amides is 1. The van der Waals surface area contributed by atoms with Crippen LogP contribution in [0.2, 0.25) is 0 Å². The molecule has 3 aromatic rings. The second kappa shape index (κ2) is 8.03. The van der Waals surface area contributed by atoms with Gasteiger partial charge in [-0.05, 0) is 31.4 Å². The van der Waals surface area contributed by atoms with E-state index >= 15 is 0 Å². The minimum absolute atomic E-state index is 0.0241. The Bertz CT molecular complexity index is 984. The molecule has 0 bridgehead atoms. The molecule has 1 N–H and O–H groups in total. The maximum Gasteiger partial charge on any atom is 0.230 e. The number of anilines is 1. The van der Waals surface area contributed by atoms with Crippen molar-refractivity contribution in [2.24, 2.45) is 0 Å². The molecule has 0 radical (unpaired) electrons. The van der Waals surface area contributed by atoms with Crippen LogP contribution in [0.3, 0.4) is 0 Å². The summed E-state index contributed by atoms with van der Waals surface area (Å²) in [5.41, 5.74) is 3.72. The van der Waals surface area contributed by atoms with Gasteiger partial charge in [-0.2, -0.15) is 5.10 Å². The zero-order valence-corrected chi connectivity index (χ0v) is 17.0. The van der Waals surface area contributed by atoms with Crippen molar-refractivity contribution in [3.8, 4) is 11.3 Å². The number of rotatable bonds is 5. The summed E-state index contributed by atoms with van der Waals surface area (Å²) in [6.07, 6.45) is 5.43. The summed E-state index contributed by atoms with van der Waals surface area (Å²) in [7, 11) is 3.83. The summed E-state index contributed by atoms with van der Waals surface area (Å²) in [4.78, 5) is 26.1. The Morgan fingerprint density at radius 1 is 1.24 bits per heavy atom. The average molecular weight is 390 g/mol. The molecule has 1 saturated heterocycles. The van der Waals surface area contributed by atoms with Crippen LogP contribution in [0.15, 0.2) is 48.8 Å². The lowest BCUT2D eigenvalue weighted by Crippen LogP contribution is -2.34. The van der Waals surface area contributed by atoms with Crippen LogP contribution in [0.25, 0.3) is 11.3 Å². The summed E-state index contributed by atoms with van der Waals surface area (Å²) in [6.45, 7) is 2.74. The van der Waals surface area contributed by atoms with Crippen LogP contribution < -0.4 is 4.90 Å². The van der Waals surface area contributed by atoms with E-state index in [-0.39, 0.29) is 17.9 Å². The van der Waals surface area contributed by atoms with E-state index in [1.165, 1.54) is 0 Å². The number of H-pyrrole nitrogens is 1. The van der Waals surface area contributed by atoms with Crippen molar-refractivity contribution in [1.29, 1.82) is 0 Å². The van der Waals surface area contributed by atoms with Crippen molar-refractivity contribution in [3.05, 3.63) is 60.0 Å². The molecular weight excluding hydrogens is 364 g/mol. The third-order valence-electron chi connectivity index (χ3n) is 5.53. The number of aromatic amines is 1. The Kier molecular flexibility index (Phi) is 5.29. The second-order valence-corrected chi connectivity index (χ2v) is 7.66. The molecule has 7 heteroatoms. The third kappa shape index (κ3) is 3.72. The van der Waals surface area contributed by atoms with E-state index in [0.29, 0.717) is 5.95 Å². The van der Waals surface area contributed by atoms with Crippen molar-refractivity contribution in [2.75, 3.05) is 25.5 Å². The van der Waals surface area contributed by atoms with Gasteiger partial charge in [0.2, 0.25) is 11.9 Å². The van der Waals surface area contributed by atoms with E-state index in [4.69, 9.17) is 0 Å². The van der Waals surface area contributed by atoms with E-state index in [9.17, 15) is 4.79 Å². The van der Waals surface area contributed by atoms with Gasteiger partial charge in [-0.3, -0.25) is 9.89 Å². The molecule has 0 unspecified atom stereocenters. The number of carbonyl (C=O) groups excluding carboxylic acids is 1. The quantitative estimate of drug-likeness (QED) is 0.722. The number of likely N-dealkylation sites (tertiary alicyclic amines) is 1. The Hall–Kier alpha value is -3.22. The van der Waals surface area contributed by atoms with E-state index in [0.717, 1.165) is 41.9 Å². The molecule has 29 heavy (non-hydrogen) atoms. The predicted octanol–water partition coefficient (Wildman–Crippen LogP) is 3.40.